The molecule has 3 heteroatoms. The van der Waals surface area contributed by atoms with Gasteiger partial charge in [0.2, 0.25) is 0 Å². The molecule has 2 atom stereocenters. The third-order valence-electron chi connectivity index (χ3n) is 2.74. The Kier molecular flexibility index (Phi) is 4.77. The van der Waals surface area contributed by atoms with Crippen molar-refractivity contribution < 1.29 is 5.11 Å². The second kappa shape index (κ2) is 5.64. The summed E-state index contributed by atoms with van der Waals surface area (Å²) in [6.07, 6.45) is 0.580. The van der Waals surface area contributed by atoms with Gasteiger partial charge in [0, 0.05) is 5.92 Å². The summed E-state index contributed by atoms with van der Waals surface area (Å²) < 4.78 is 0. The number of rotatable bonds is 5. The average molecular weight is 227 g/mol. The maximum atomic E-state index is 10.2. The van der Waals surface area contributed by atoms with Gasteiger partial charge in [-0.05, 0) is 47.7 Å². The molecule has 1 heterocycles. The smallest absolute Gasteiger partial charge is 0.0840 e. The van der Waals surface area contributed by atoms with Crippen molar-refractivity contribution in [2.45, 2.75) is 33.3 Å². The van der Waals surface area contributed by atoms with Crippen LogP contribution in [0.3, 0.4) is 0 Å². The first-order chi connectivity index (χ1) is 7.06. The van der Waals surface area contributed by atoms with Crippen molar-refractivity contribution in [3.05, 3.63) is 21.9 Å². The van der Waals surface area contributed by atoms with Crippen molar-refractivity contribution in [3.8, 4) is 0 Å². The van der Waals surface area contributed by atoms with Crippen LogP contribution in [0.15, 0.2) is 10.8 Å². The fourth-order valence-electron chi connectivity index (χ4n) is 1.89. The highest BCUT2D eigenvalue weighted by atomic mass is 32.1. The zero-order valence-electron chi connectivity index (χ0n) is 9.73. The van der Waals surface area contributed by atoms with Crippen molar-refractivity contribution in [2.24, 2.45) is 17.6 Å². The molecule has 86 valence electrons. The Morgan fingerprint density at radius 1 is 1.40 bits per heavy atom. The van der Waals surface area contributed by atoms with Crippen LogP contribution >= 0.6 is 11.3 Å². The van der Waals surface area contributed by atoms with Crippen LogP contribution in [-0.2, 0) is 0 Å². The molecule has 0 radical (unpaired) electrons. The predicted molar refractivity (Wildman–Crippen MR) is 66.0 cm³/mol. The molecular formula is C12H21NOS. The maximum Gasteiger partial charge on any atom is 0.0840 e. The van der Waals surface area contributed by atoms with Gasteiger partial charge < -0.3 is 10.8 Å². The molecule has 1 aromatic rings. The van der Waals surface area contributed by atoms with Gasteiger partial charge in [-0.15, -0.1) is 0 Å². The fourth-order valence-corrected chi connectivity index (χ4v) is 2.77. The molecule has 0 fully saturated rings. The Bertz CT molecular complexity index is 296. The zero-order chi connectivity index (χ0) is 11.4. The Morgan fingerprint density at radius 2 is 2.07 bits per heavy atom. The van der Waals surface area contributed by atoms with E-state index < -0.39 is 6.10 Å². The van der Waals surface area contributed by atoms with Crippen LogP contribution in [0.1, 0.15) is 37.5 Å². The van der Waals surface area contributed by atoms with Gasteiger partial charge in [0.15, 0.2) is 0 Å². The van der Waals surface area contributed by atoms with Crippen molar-refractivity contribution >= 4 is 11.3 Å². The Morgan fingerprint density at radius 3 is 2.47 bits per heavy atom. The number of hydrogen-bond donors (Lipinski definition) is 2. The standard InChI is InChI=1S/C12H21NOS/c1-8(2)4-10(5-13)12(14)11-7-15-6-9(11)3/h6-8,10,12,14H,4-5,13H2,1-3H3. The highest BCUT2D eigenvalue weighted by Gasteiger charge is 2.22. The van der Waals surface area contributed by atoms with Crippen LogP contribution in [0.25, 0.3) is 0 Å². The number of nitrogens with two attached hydrogens (primary N) is 1. The minimum atomic E-state index is -0.399. The van der Waals surface area contributed by atoms with E-state index in [1.165, 1.54) is 5.56 Å². The van der Waals surface area contributed by atoms with Crippen LogP contribution in [0, 0.1) is 18.8 Å². The zero-order valence-corrected chi connectivity index (χ0v) is 10.6. The molecule has 2 nitrogen and oxygen atoms in total. The van der Waals surface area contributed by atoms with E-state index >= 15 is 0 Å². The monoisotopic (exact) mass is 227 g/mol. The Balaban J connectivity index is 2.73. The van der Waals surface area contributed by atoms with E-state index in [1.54, 1.807) is 11.3 Å². The van der Waals surface area contributed by atoms with E-state index in [0.29, 0.717) is 12.5 Å². The second-order valence-corrected chi connectivity index (χ2v) is 5.32. The van der Waals surface area contributed by atoms with Crippen LogP contribution in [0.5, 0.6) is 0 Å². The lowest BCUT2D eigenvalue weighted by molar-refractivity contribution is 0.0993. The molecule has 0 saturated heterocycles. The highest BCUT2D eigenvalue weighted by Crippen LogP contribution is 2.30. The summed E-state index contributed by atoms with van der Waals surface area (Å²) in [5.41, 5.74) is 7.95. The third kappa shape index (κ3) is 3.30. The normalized spacial score (nSPS) is 15.6. The summed E-state index contributed by atoms with van der Waals surface area (Å²) in [5, 5.41) is 14.3. The molecule has 0 aliphatic rings. The third-order valence-corrected chi connectivity index (χ3v) is 3.62. The molecule has 15 heavy (non-hydrogen) atoms. The van der Waals surface area contributed by atoms with Gasteiger partial charge in [0.1, 0.15) is 0 Å². The van der Waals surface area contributed by atoms with E-state index in [0.717, 1.165) is 12.0 Å². The first-order valence-electron chi connectivity index (χ1n) is 5.47. The van der Waals surface area contributed by atoms with E-state index in [4.69, 9.17) is 5.73 Å². The van der Waals surface area contributed by atoms with E-state index in [9.17, 15) is 5.11 Å². The number of aliphatic hydroxyl groups is 1. The molecule has 0 aliphatic carbocycles. The Labute approximate surface area is 96.1 Å². The van der Waals surface area contributed by atoms with Gasteiger partial charge in [-0.1, -0.05) is 13.8 Å². The lowest BCUT2D eigenvalue weighted by atomic mass is 9.88. The van der Waals surface area contributed by atoms with E-state index in [1.807, 2.05) is 12.3 Å². The molecule has 0 bridgehead atoms. The van der Waals surface area contributed by atoms with Crippen LogP contribution < -0.4 is 5.73 Å². The molecule has 2 unspecified atom stereocenters. The van der Waals surface area contributed by atoms with Gasteiger partial charge in [0.25, 0.3) is 0 Å². The topological polar surface area (TPSA) is 46.2 Å². The molecule has 1 aromatic heterocycles. The van der Waals surface area contributed by atoms with Gasteiger partial charge in [-0.3, -0.25) is 0 Å². The predicted octanol–water partition coefficient (Wildman–Crippen LogP) is 2.71. The average Bonchev–Trinajstić information content (AvgIpc) is 2.59. The first kappa shape index (κ1) is 12.7. The summed E-state index contributed by atoms with van der Waals surface area (Å²) in [4.78, 5) is 0. The van der Waals surface area contributed by atoms with Gasteiger partial charge in [-0.2, -0.15) is 11.3 Å². The molecule has 0 saturated carbocycles. The van der Waals surface area contributed by atoms with Crippen molar-refractivity contribution in [1.82, 2.24) is 0 Å². The van der Waals surface area contributed by atoms with Crippen molar-refractivity contribution in [1.29, 1.82) is 0 Å². The number of hydrogen-bond acceptors (Lipinski definition) is 3. The van der Waals surface area contributed by atoms with E-state index in [2.05, 4.69) is 19.2 Å². The Hall–Kier alpha value is -0.380. The second-order valence-electron chi connectivity index (χ2n) is 4.58. The SMILES string of the molecule is Cc1cscc1C(O)C(CN)CC(C)C. The minimum Gasteiger partial charge on any atom is -0.388 e. The molecule has 0 amide bonds. The van der Waals surface area contributed by atoms with Crippen LogP contribution in [0.4, 0.5) is 0 Å². The summed E-state index contributed by atoms with van der Waals surface area (Å²) in [5.74, 6) is 0.755. The van der Waals surface area contributed by atoms with E-state index in [-0.39, 0.29) is 5.92 Å². The molecule has 1 rings (SSSR count). The lowest BCUT2D eigenvalue weighted by Crippen LogP contribution is -2.23. The molecular weight excluding hydrogens is 206 g/mol. The van der Waals surface area contributed by atoms with Crippen molar-refractivity contribution in [3.63, 3.8) is 0 Å². The quantitative estimate of drug-likeness (QED) is 0.812. The van der Waals surface area contributed by atoms with Gasteiger partial charge in [0.05, 0.1) is 6.10 Å². The summed E-state index contributed by atoms with van der Waals surface area (Å²) >= 11 is 1.64. The number of thiophene rings is 1. The van der Waals surface area contributed by atoms with Gasteiger partial charge in [-0.25, -0.2) is 0 Å². The molecule has 0 spiro atoms. The molecule has 0 aromatic carbocycles. The fraction of sp³-hybridized carbons (Fsp3) is 0.667. The molecule has 0 aliphatic heterocycles. The number of aliphatic hydroxyl groups excluding tert-OH is 1. The highest BCUT2D eigenvalue weighted by molar-refractivity contribution is 7.08. The minimum absolute atomic E-state index is 0.179. The van der Waals surface area contributed by atoms with Crippen molar-refractivity contribution in [2.75, 3.05) is 6.54 Å². The summed E-state index contributed by atoms with van der Waals surface area (Å²) in [7, 11) is 0. The van der Waals surface area contributed by atoms with Gasteiger partial charge >= 0.3 is 0 Å². The summed E-state index contributed by atoms with van der Waals surface area (Å²) in [6, 6.07) is 0. The maximum absolute atomic E-state index is 10.2. The van der Waals surface area contributed by atoms with Crippen LogP contribution in [0.2, 0.25) is 0 Å². The van der Waals surface area contributed by atoms with Crippen LogP contribution in [-0.4, -0.2) is 11.7 Å². The number of aryl methyl sites for hydroxylation is 1. The summed E-state index contributed by atoms with van der Waals surface area (Å²) in [6.45, 7) is 6.92. The lowest BCUT2D eigenvalue weighted by Gasteiger charge is -2.23. The largest absolute Gasteiger partial charge is 0.388 e. The molecule has 3 N–H and O–H groups in total. The first-order valence-corrected chi connectivity index (χ1v) is 6.41.